The smallest absolute Gasteiger partial charge is 0.262 e. The summed E-state index contributed by atoms with van der Waals surface area (Å²) in [5, 5.41) is 1.97. The minimum Gasteiger partial charge on any atom is -0.497 e. The van der Waals surface area contributed by atoms with Gasteiger partial charge < -0.3 is 14.2 Å². The summed E-state index contributed by atoms with van der Waals surface area (Å²) in [5.41, 5.74) is 0.230. The molecule has 3 aromatic rings. The molecule has 6 nitrogen and oxygen atoms in total. The molecule has 0 aromatic heterocycles. The first kappa shape index (κ1) is 19.1. The van der Waals surface area contributed by atoms with Crippen molar-refractivity contribution in [3.63, 3.8) is 0 Å². The minimum absolute atomic E-state index is 0.121. The van der Waals surface area contributed by atoms with Gasteiger partial charge in [-0.3, -0.25) is 4.72 Å². The van der Waals surface area contributed by atoms with Gasteiger partial charge in [0.1, 0.15) is 17.2 Å². The van der Waals surface area contributed by atoms with E-state index in [9.17, 15) is 8.42 Å². The molecule has 8 heteroatoms. The van der Waals surface area contributed by atoms with Gasteiger partial charge in [0.05, 0.1) is 36.9 Å². The van der Waals surface area contributed by atoms with Crippen molar-refractivity contribution in [2.45, 2.75) is 4.90 Å². The summed E-state index contributed by atoms with van der Waals surface area (Å²) in [4.78, 5) is 0.121. The van der Waals surface area contributed by atoms with Gasteiger partial charge >= 0.3 is 0 Å². The van der Waals surface area contributed by atoms with Crippen molar-refractivity contribution >= 4 is 38.1 Å². The predicted octanol–water partition coefficient (Wildman–Crippen LogP) is 4.32. The Hall–Kier alpha value is -2.64. The van der Waals surface area contributed by atoms with Crippen molar-refractivity contribution in [1.29, 1.82) is 0 Å². The van der Waals surface area contributed by atoms with Gasteiger partial charge in [-0.2, -0.15) is 0 Å². The predicted molar refractivity (Wildman–Crippen MR) is 106 cm³/mol. The second kappa shape index (κ2) is 7.54. The first-order valence-electron chi connectivity index (χ1n) is 7.90. The third-order valence-corrected chi connectivity index (χ3v) is 5.71. The summed E-state index contributed by atoms with van der Waals surface area (Å²) in [7, 11) is 0.608. The van der Waals surface area contributed by atoms with E-state index in [4.69, 9.17) is 25.8 Å². The summed E-state index contributed by atoms with van der Waals surface area (Å²) in [6.45, 7) is 0. The highest BCUT2D eigenvalue weighted by Gasteiger charge is 2.19. The molecule has 0 heterocycles. The van der Waals surface area contributed by atoms with E-state index in [1.165, 1.54) is 32.4 Å². The molecule has 0 saturated carbocycles. The average Bonchev–Trinajstić information content (AvgIpc) is 2.67. The van der Waals surface area contributed by atoms with Crippen molar-refractivity contribution in [3.8, 4) is 17.2 Å². The van der Waals surface area contributed by atoms with Crippen molar-refractivity contribution in [3.05, 3.63) is 53.6 Å². The number of hydrogen-bond donors (Lipinski definition) is 1. The summed E-state index contributed by atoms with van der Waals surface area (Å²) >= 11 is 6.07. The van der Waals surface area contributed by atoms with Gasteiger partial charge in [-0.25, -0.2) is 8.42 Å². The lowest BCUT2D eigenvalue weighted by atomic mass is 10.1. The van der Waals surface area contributed by atoms with E-state index in [2.05, 4.69) is 4.72 Å². The number of fused-ring (bicyclic) bond motifs is 1. The molecule has 1 N–H and O–H groups in total. The fourth-order valence-electron chi connectivity index (χ4n) is 2.64. The lowest BCUT2D eigenvalue weighted by molar-refractivity contribution is 0.405. The van der Waals surface area contributed by atoms with E-state index in [-0.39, 0.29) is 16.3 Å². The molecule has 0 amide bonds. The Bertz CT molecular complexity index is 1100. The number of hydrogen-bond acceptors (Lipinski definition) is 5. The van der Waals surface area contributed by atoms with E-state index < -0.39 is 10.0 Å². The summed E-state index contributed by atoms with van der Waals surface area (Å²) in [5.74, 6) is 1.32. The Morgan fingerprint density at radius 2 is 1.48 bits per heavy atom. The van der Waals surface area contributed by atoms with E-state index in [0.29, 0.717) is 16.5 Å². The van der Waals surface area contributed by atoms with Crippen molar-refractivity contribution < 1.29 is 22.6 Å². The summed E-state index contributed by atoms with van der Waals surface area (Å²) in [6, 6.07) is 13.2. The molecule has 3 aromatic carbocycles. The highest BCUT2D eigenvalue weighted by atomic mass is 35.5. The van der Waals surface area contributed by atoms with Crippen LogP contribution in [-0.2, 0) is 10.0 Å². The number of ether oxygens (including phenoxy) is 3. The van der Waals surface area contributed by atoms with Crippen LogP contribution in [0.4, 0.5) is 5.69 Å². The van der Waals surface area contributed by atoms with Gasteiger partial charge in [-0.15, -0.1) is 0 Å². The van der Waals surface area contributed by atoms with Gasteiger partial charge in [0.15, 0.2) is 0 Å². The van der Waals surface area contributed by atoms with Crippen molar-refractivity contribution in [1.82, 2.24) is 0 Å². The fourth-order valence-corrected chi connectivity index (χ4v) is 3.97. The molecular weight excluding hydrogens is 390 g/mol. The Morgan fingerprint density at radius 1 is 0.815 bits per heavy atom. The van der Waals surface area contributed by atoms with Crippen LogP contribution in [0.3, 0.4) is 0 Å². The molecule has 0 radical (unpaired) electrons. The zero-order valence-electron chi connectivity index (χ0n) is 14.9. The molecule has 0 bridgehead atoms. The maximum atomic E-state index is 12.9. The molecular formula is C19H18ClNO5S. The maximum absolute atomic E-state index is 12.9. The number of rotatable bonds is 6. The second-order valence-electron chi connectivity index (χ2n) is 5.67. The molecule has 0 aliphatic heterocycles. The molecule has 0 spiro atoms. The van der Waals surface area contributed by atoms with E-state index >= 15 is 0 Å². The third kappa shape index (κ3) is 3.89. The van der Waals surface area contributed by atoms with E-state index in [1.54, 1.807) is 31.4 Å². The maximum Gasteiger partial charge on any atom is 0.262 e. The number of methoxy groups -OCH3 is 3. The molecule has 3 rings (SSSR count). The van der Waals surface area contributed by atoms with Gasteiger partial charge in [0.2, 0.25) is 0 Å². The molecule has 0 aliphatic rings. The minimum atomic E-state index is -3.85. The highest BCUT2D eigenvalue weighted by molar-refractivity contribution is 7.92. The average molecular weight is 408 g/mol. The Morgan fingerprint density at radius 3 is 2.15 bits per heavy atom. The lowest BCUT2D eigenvalue weighted by Crippen LogP contribution is -2.13. The van der Waals surface area contributed by atoms with Gasteiger partial charge in [0, 0.05) is 12.1 Å². The van der Waals surface area contributed by atoms with Gasteiger partial charge in [-0.1, -0.05) is 23.7 Å². The Kier molecular flexibility index (Phi) is 5.34. The lowest BCUT2D eigenvalue weighted by Gasteiger charge is -2.14. The quantitative estimate of drug-likeness (QED) is 0.658. The SMILES string of the molecule is COc1ccc2cc(S(=O)(=O)Nc3cc(OC)c(Cl)cc3OC)ccc2c1. The second-order valence-corrected chi connectivity index (χ2v) is 7.76. The van der Waals surface area contributed by atoms with Crippen LogP contribution in [0.5, 0.6) is 17.2 Å². The molecule has 0 unspecified atom stereocenters. The topological polar surface area (TPSA) is 73.9 Å². The third-order valence-electron chi connectivity index (χ3n) is 4.05. The van der Waals surface area contributed by atoms with Crippen LogP contribution in [0.2, 0.25) is 5.02 Å². The number of nitrogens with one attached hydrogen (secondary N) is 1. The van der Waals surface area contributed by atoms with Crippen LogP contribution in [0.15, 0.2) is 53.4 Å². The van der Waals surface area contributed by atoms with Crippen molar-refractivity contribution in [2.24, 2.45) is 0 Å². The van der Waals surface area contributed by atoms with Crippen LogP contribution in [0.25, 0.3) is 10.8 Å². The van der Waals surface area contributed by atoms with Crippen LogP contribution >= 0.6 is 11.6 Å². The highest BCUT2D eigenvalue weighted by Crippen LogP contribution is 2.37. The standard InChI is InChI=1S/C19H18ClNO5S/c1-24-14-6-4-13-9-15(7-5-12(13)8-14)27(22,23)21-17-11-18(25-2)16(20)10-19(17)26-3/h4-11,21H,1-3H3. The molecule has 0 atom stereocenters. The first-order valence-corrected chi connectivity index (χ1v) is 9.76. The number of halogens is 1. The molecule has 0 fully saturated rings. The molecule has 0 saturated heterocycles. The zero-order chi connectivity index (χ0) is 19.6. The first-order chi connectivity index (χ1) is 12.9. The fraction of sp³-hybridized carbons (Fsp3) is 0.158. The summed E-state index contributed by atoms with van der Waals surface area (Å²) in [6.07, 6.45) is 0. The Balaban J connectivity index is 2.01. The summed E-state index contributed by atoms with van der Waals surface area (Å²) < 4.78 is 43.8. The van der Waals surface area contributed by atoms with Crippen LogP contribution in [0, 0.1) is 0 Å². The van der Waals surface area contributed by atoms with Crippen molar-refractivity contribution in [2.75, 3.05) is 26.1 Å². The molecule has 0 aliphatic carbocycles. The van der Waals surface area contributed by atoms with Crippen LogP contribution in [0.1, 0.15) is 0 Å². The molecule has 27 heavy (non-hydrogen) atoms. The van der Waals surface area contributed by atoms with Gasteiger partial charge in [0.25, 0.3) is 10.0 Å². The number of anilines is 1. The monoisotopic (exact) mass is 407 g/mol. The van der Waals surface area contributed by atoms with E-state index in [0.717, 1.165) is 10.8 Å². The van der Waals surface area contributed by atoms with Crippen LogP contribution in [-0.4, -0.2) is 29.7 Å². The molecule has 142 valence electrons. The van der Waals surface area contributed by atoms with Gasteiger partial charge in [-0.05, 0) is 35.0 Å². The zero-order valence-corrected chi connectivity index (χ0v) is 16.5. The van der Waals surface area contributed by atoms with E-state index in [1.807, 2.05) is 6.07 Å². The van der Waals surface area contributed by atoms with Crippen LogP contribution < -0.4 is 18.9 Å². The Labute approximate surface area is 162 Å². The largest absolute Gasteiger partial charge is 0.497 e. The number of benzene rings is 3. The number of sulfonamides is 1. The normalized spacial score (nSPS) is 11.3.